The second-order valence-electron chi connectivity index (χ2n) is 6.90. The molecule has 6 heteroatoms. The highest BCUT2D eigenvalue weighted by Gasteiger charge is 2.19. The fraction of sp³-hybridized carbons (Fsp3) is 0.474. The van der Waals surface area contributed by atoms with Gasteiger partial charge in [-0.25, -0.2) is 4.98 Å². The summed E-state index contributed by atoms with van der Waals surface area (Å²) < 4.78 is 10.9. The Morgan fingerprint density at radius 3 is 2.56 bits per heavy atom. The number of oxazole rings is 1. The van der Waals surface area contributed by atoms with E-state index in [2.05, 4.69) is 59.6 Å². The van der Waals surface area contributed by atoms with Crippen molar-refractivity contribution < 1.29 is 9.15 Å². The van der Waals surface area contributed by atoms with E-state index >= 15 is 0 Å². The molecule has 0 aliphatic carbocycles. The Kier molecular flexibility index (Phi) is 6.58. The number of rotatable bonds is 6. The van der Waals surface area contributed by atoms with Gasteiger partial charge in [0.1, 0.15) is 5.76 Å². The molecule has 0 saturated carbocycles. The van der Waals surface area contributed by atoms with Crippen LogP contribution in [0.2, 0.25) is 0 Å². The third-order valence-electron chi connectivity index (χ3n) is 3.69. The molecule has 0 amide bonds. The lowest BCUT2D eigenvalue weighted by Gasteiger charge is -2.13. The number of hydrogen-bond donors (Lipinski definition) is 2. The summed E-state index contributed by atoms with van der Waals surface area (Å²) in [6.07, 6.45) is 1.79. The van der Waals surface area contributed by atoms with Gasteiger partial charge in [0.2, 0.25) is 5.89 Å². The molecule has 2 aromatic rings. The Morgan fingerprint density at radius 1 is 1.20 bits per heavy atom. The minimum atomic E-state index is -0.0433. The predicted molar refractivity (Wildman–Crippen MR) is 99.4 cm³/mol. The number of guanidine groups is 1. The van der Waals surface area contributed by atoms with Gasteiger partial charge in [0.25, 0.3) is 0 Å². The van der Waals surface area contributed by atoms with Gasteiger partial charge in [0.05, 0.1) is 19.3 Å². The molecule has 2 N–H and O–H groups in total. The maximum Gasteiger partial charge on any atom is 0.213 e. The van der Waals surface area contributed by atoms with Gasteiger partial charge in [0, 0.05) is 26.1 Å². The first-order valence-electron chi connectivity index (χ1n) is 8.39. The molecule has 0 atom stereocenters. The molecule has 0 aliphatic heterocycles. The fourth-order valence-corrected chi connectivity index (χ4v) is 2.30. The summed E-state index contributed by atoms with van der Waals surface area (Å²) in [4.78, 5) is 8.55. The zero-order valence-corrected chi connectivity index (χ0v) is 15.7. The van der Waals surface area contributed by atoms with E-state index in [0.29, 0.717) is 31.5 Å². The summed E-state index contributed by atoms with van der Waals surface area (Å²) in [5.41, 5.74) is 2.28. The molecular weight excluding hydrogens is 316 g/mol. The van der Waals surface area contributed by atoms with Crippen LogP contribution >= 0.6 is 0 Å². The number of methoxy groups -OCH3 is 1. The van der Waals surface area contributed by atoms with Gasteiger partial charge < -0.3 is 19.8 Å². The van der Waals surface area contributed by atoms with E-state index in [1.54, 1.807) is 20.4 Å². The summed E-state index contributed by atoms with van der Waals surface area (Å²) in [6.45, 7) is 8.07. The maximum absolute atomic E-state index is 5.78. The van der Waals surface area contributed by atoms with Crippen molar-refractivity contribution in [3.05, 3.63) is 53.2 Å². The molecule has 25 heavy (non-hydrogen) atoms. The minimum absolute atomic E-state index is 0.0433. The normalized spacial score (nSPS) is 12.3. The third kappa shape index (κ3) is 5.90. The number of aromatic nitrogens is 1. The monoisotopic (exact) mass is 344 g/mol. The smallest absolute Gasteiger partial charge is 0.213 e. The van der Waals surface area contributed by atoms with Crippen LogP contribution in [-0.2, 0) is 29.8 Å². The van der Waals surface area contributed by atoms with Crippen LogP contribution in [-0.4, -0.2) is 25.1 Å². The average molecular weight is 344 g/mol. The number of aliphatic imine (C=N–C) groups is 1. The van der Waals surface area contributed by atoms with Crippen LogP contribution in [0, 0.1) is 0 Å². The number of hydrogen-bond acceptors (Lipinski definition) is 4. The lowest BCUT2D eigenvalue weighted by Crippen LogP contribution is -2.36. The zero-order chi connectivity index (χ0) is 18.3. The first-order valence-corrected chi connectivity index (χ1v) is 8.39. The molecule has 0 saturated heterocycles. The number of nitrogens with zero attached hydrogens (tertiary/aromatic N) is 2. The lowest BCUT2D eigenvalue weighted by atomic mass is 9.94. The van der Waals surface area contributed by atoms with Crippen molar-refractivity contribution in [1.82, 2.24) is 15.6 Å². The highest BCUT2D eigenvalue weighted by molar-refractivity contribution is 5.79. The van der Waals surface area contributed by atoms with E-state index in [9.17, 15) is 0 Å². The van der Waals surface area contributed by atoms with E-state index in [4.69, 9.17) is 9.15 Å². The highest BCUT2D eigenvalue weighted by Crippen LogP contribution is 2.22. The summed E-state index contributed by atoms with van der Waals surface area (Å²) in [7, 11) is 3.44. The molecule has 0 fully saturated rings. The Hall–Kier alpha value is -2.34. The van der Waals surface area contributed by atoms with Gasteiger partial charge >= 0.3 is 0 Å². The molecule has 6 nitrogen and oxygen atoms in total. The third-order valence-corrected chi connectivity index (χ3v) is 3.69. The van der Waals surface area contributed by atoms with E-state index < -0.39 is 0 Å². The largest absolute Gasteiger partial charge is 0.443 e. The van der Waals surface area contributed by atoms with Crippen molar-refractivity contribution in [2.45, 2.75) is 45.9 Å². The van der Waals surface area contributed by atoms with Gasteiger partial charge in [-0.05, 0) is 11.1 Å². The van der Waals surface area contributed by atoms with Gasteiger partial charge in [0.15, 0.2) is 5.96 Å². The average Bonchev–Trinajstić information content (AvgIpc) is 3.05. The van der Waals surface area contributed by atoms with Crippen molar-refractivity contribution in [2.75, 3.05) is 14.2 Å². The highest BCUT2D eigenvalue weighted by atomic mass is 16.5. The molecule has 0 spiro atoms. The summed E-state index contributed by atoms with van der Waals surface area (Å²) in [6, 6.07) is 8.27. The van der Waals surface area contributed by atoms with Crippen LogP contribution in [0.3, 0.4) is 0 Å². The molecule has 0 bridgehead atoms. The minimum Gasteiger partial charge on any atom is -0.443 e. The number of ether oxygens (including phenoxy) is 1. The van der Waals surface area contributed by atoms with Crippen LogP contribution in [0.25, 0.3) is 0 Å². The molecule has 0 unspecified atom stereocenters. The van der Waals surface area contributed by atoms with E-state index in [-0.39, 0.29) is 5.41 Å². The molecule has 136 valence electrons. The van der Waals surface area contributed by atoms with Gasteiger partial charge in [-0.3, -0.25) is 4.99 Å². The first kappa shape index (κ1) is 19.0. The summed E-state index contributed by atoms with van der Waals surface area (Å²) in [5, 5.41) is 6.51. The quantitative estimate of drug-likeness (QED) is 0.623. The van der Waals surface area contributed by atoms with Crippen LogP contribution in [0.15, 0.2) is 39.9 Å². The molecule has 2 rings (SSSR count). The van der Waals surface area contributed by atoms with Crippen molar-refractivity contribution >= 4 is 5.96 Å². The Labute approximate surface area is 149 Å². The molecule has 1 heterocycles. The molecule has 1 aromatic carbocycles. The summed E-state index contributed by atoms with van der Waals surface area (Å²) in [5.74, 6) is 2.23. The topological polar surface area (TPSA) is 71.7 Å². The SMILES string of the molecule is CN=C(NCc1cccc(COC)c1)NCc1ncc(C(C)(C)C)o1. The van der Waals surface area contributed by atoms with Crippen molar-refractivity contribution in [2.24, 2.45) is 4.99 Å². The van der Waals surface area contributed by atoms with Gasteiger partial charge in [-0.2, -0.15) is 0 Å². The summed E-state index contributed by atoms with van der Waals surface area (Å²) >= 11 is 0. The maximum atomic E-state index is 5.78. The zero-order valence-electron chi connectivity index (χ0n) is 15.7. The second-order valence-corrected chi connectivity index (χ2v) is 6.90. The Balaban J connectivity index is 1.87. The van der Waals surface area contributed by atoms with Crippen molar-refractivity contribution in [3.8, 4) is 0 Å². The van der Waals surface area contributed by atoms with E-state index in [1.165, 1.54) is 5.56 Å². The van der Waals surface area contributed by atoms with Crippen LogP contribution in [0.5, 0.6) is 0 Å². The van der Waals surface area contributed by atoms with Crippen LogP contribution < -0.4 is 10.6 Å². The molecule has 0 radical (unpaired) electrons. The van der Waals surface area contributed by atoms with Crippen LogP contribution in [0.4, 0.5) is 0 Å². The van der Waals surface area contributed by atoms with Crippen molar-refractivity contribution in [3.63, 3.8) is 0 Å². The van der Waals surface area contributed by atoms with E-state index in [1.807, 2.05) is 6.07 Å². The fourth-order valence-electron chi connectivity index (χ4n) is 2.30. The van der Waals surface area contributed by atoms with Crippen LogP contribution in [0.1, 0.15) is 43.5 Å². The number of benzene rings is 1. The molecular formula is C19H28N4O2. The van der Waals surface area contributed by atoms with Gasteiger partial charge in [-0.15, -0.1) is 0 Å². The Morgan fingerprint density at radius 2 is 1.92 bits per heavy atom. The number of nitrogens with one attached hydrogen (secondary N) is 2. The van der Waals surface area contributed by atoms with Gasteiger partial charge in [-0.1, -0.05) is 45.0 Å². The van der Waals surface area contributed by atoms with Crippen molar-refractivity contribution in [1.29, 1.82) is 0 Å². The molecule has 1 aromatic heterocycles. The second kappa shape index (κ2) is 8.67. The van der Waals surface area contributed by atoms with E-state index in [0.717, 1.165) is 11.3 Å². The predicted octanol–water partition coefficient (Wildman–Crippen LogP) is 2.98. The Bertz CT molecular complexity index is 701. The first-order chi connectivity index (χ1) is 11.9. The molecule has 0 aliphatic rings. The lowest BCUT2D eigenvalue weighted by molar-refractivity contribution is 0.185. The standard InChI is InChI=1S/C19H28N4O2/c1-19(2,3)16-11-21-17(25-16)12-23-18(20-4)22-10-14-7-6-8-15(9-14)13-24-5/h6-9,11H,10,12-13H2,1-5H3,(H2,20,22,23).